The molecule has 0 aromatic heterocycles. The van der Waals surface area contributed by atoms with Gasteiger partial charge in [-0.15, -0.1) is 0 Å². The van der Waals surface area contributed by atoms with Gasteiger partial charge in [-0.25, -0.2) is 4.99 Å². The monoisotopic (exact) mass is 441 g/mol. The molecule has 0 bridgehead atoms. The number of nitrogens with one attached hydrogen (secondary N) is 1. The number of ether oxygens (including phenoxy) is 1. The third-order valence-corrected chi connectivity index (χ3v) is 5.61. The lowest BCUT2D eigenvalue weighted by molar-refractivity contribution is -0.120. The van der Waals surface area contributed by atoms with E-state index in [4.69, 9.17) is 16.3 Å². The minimum atomic E-state index is -0.0882. The summed E-state index contributed by atoms with van der Waals surface area (Å²) in [6.07, 6.45) is 5.90. The Kier molecular flexibility index (Phi) is 9.87. The first kappa shape index (κ1) is 23.3. The fraction of sp³-hybridized carbons (Fsp3) is 0.440. The van der Waals surface area contributed by atoms with Gasteiger partial charge in [0, 0.05) is 18.0 Å². The van der Waals surface area contributed by atoms with Gasteiger partial charge in [-0.2, -0.15) is 0 Å². The summed E-state index contributed by atoms with van der Waals surface area (Å²) < 4.78 is 5.87. The van der Waals surface area contributed by atoms with Crippen LogP contribution in [-0.4, -0.2) is 43.1 Å². The first-order chi connectivity index (χ1) is 15.2. The van der Waals surface area contributed by atoms with Crippen molar-refractivity contribution < 1.29 is 9.53 Å². The van der Waals surface area contributed by atoms with E-state index in [9.17, 15) is 4.79 Å². The maximum atomic E-state index is 12.5. The molecule has 1 amide bonds. The highest BCUT2D eigenvalue weighted by Gasteiger charge is 2.11. The molecule has 2 aromatic carbocycles. The standard InChI is InChI=1S/C25H32ClN3O2/c26-23-13-10-22(11-14-23)20-27-25(31-19-7-18-29-16-5-2-6-17-29)28-24(30)15-12-21-8-3-1-4-9-21/h1,3-4,8-11,13-14H,2,5-7,12,15-20H2,(H,27,28,30). The normalized spacial score (nSPS) is 14.9. The first-order valence-corrected chi connectivity index (χ1v) is 11.5. The molecule has 0 radical (unpaired) electrons. The lowest BCUT2D eigenvalue weighted by atomic mass is 10.1. The average Bonchev–Trinajstić information content (AvgIpc) is 2.81. The van der Waals surface area contributed by atoms with Gasteiger partial charge in [0.05, 0.1) is 13.2 Å². The van der Waals surface area contributed by atoms with Crippen molar-refractivity contribution in [2.45, 2.75) is 45.1 Å². The highest BCUT2D eigenvalue weighted by molar-refractivity contribution is 6.30. The van der Waals surface area contributed by atoms with Crippen LogP contribution in [0, 0.1) is 0 Å². The third-order valence-electron chi connectivity index (χ3n) is 5.35. The van der Waals surface area contributed by atoms with Gasteiger partial charge >= 0.3 is 0 Å². The number of piperidine rings is 1. The van der Waals surface area contributed by atoms with Crippen molar-refractivity contribution in [1.82, 2.24) is 10.2 Å². The van der Waals surface area contributed by atoms with Crippen LogP contribution in [0.25, 0.3) is 0 Å². The quantitative estimate of drug-likeness (QED) is 0.344. The summed E-state index contributed by atoms with van der Waals surface area (Å²) in [5, 5.41) is 3.55. The molecular formula is C25H32ClN3O2. The number of amides is 1. The number of hydrogen-bond donors (Lipinski definition) is 1. The Morgan fingerprint density at radius 2 is 1.74 bits per heavy atom. The Balaban J connectivity index is 1.50. The maximum Gasteiger partial charge on any atom is 0.291 e. The molecule has 0 saturated carbocycles. The van der Waals surface area contributed by atoms with Gasteiger partial charge < -0.3 is 9.64 Å². The van der Waals surface area contributed by atoms with E-state index in [1.807, 2.05) is 54.6 Å². The van der Waals surface area contributed by atoms with Crippen LogP contribution in [0.5, 0.6) is 0 Å². The van der Waals surface area contributed by atoms with E-state index in [-0.39, 0.29) is 5.91 Å². The summed E-state index contributed by atoms with van der Waals surface area (Å²) in [7, 11) is 0. The smallest absolute Gasteiger partial charge is 0.291 e. The Morgan fingerprint density at radius 1 is 1.00 bits per heavy atom. The van der Waals surface area contributed by atoms with E-state index in [2.05, 4.69) is 15.2 Å². The van der Waals surface area contributed by atoms with Gasteiger partial charge in [0.25, 0.3) is 6.02 Å². The molecular weight excluding hydrogens is 410 g/mol. The van der Waals surface area contributed by atoms with E-state index in [0.29, 0.717) is 37.0 Å². The number of aliphatic imine (C=N–C) groups is 1. The molecule has 1 heterocycles. The highest BCUT2D eigenvalue weighted by Crippen LogP contribution is 2.11. The van der Waals surface area contributed by atoms with Crippen molar-refractivity contribution in [2.24, 2.45) is 4.99 Å². The largest absolute Gasteiger partial charge is 0.465 e. The Morgan fingerprint density at radius 3 is 2.48 bits per heavy atom. The summed E-state index contributed by atoms with van der Waals surface area (Å²) in [5.74, 6) is -0.0882. The van der Waals surface area contributed by atoms with E-state index in [0.717, 1.165) is 24.1 Å². The number of benzene rings is 2. The zero-order chi connectivity index (χ0) is 21.7. The molecule has 166 valence electrons. The molecule has 1 fully saturated rings. The molecule has 1 aliphatic rings. The lowest BCUT2D eigenvalue weighted by Crippen LogP contribution is -2.34. The van der Waals surface area contributed by atoms with Gasteiger partial charge in [0.2, 0.25) is 5.91 Å². The Bertz CT molecular complexity index is 818. The highest BCUT2D eigenvalue weighted by atomic mass is 35.5. The summed E-state index contributed by atoms with van der Waals surface area (Å²) in [6.45, 7) is 4.33. The number of hydrogen-bond acceptors (Lipinski definition) is 4. The van der Waals surface area contributed by atoms with E-state index < -0.39 is 0 Å². The number of amidine groups is 1. The van der Waals surface area contributed by atoms with Crippen molar-refractivity contribution in [3.05, 3.63) is 70.7 Å². The molecule has 5 nitrogen and oxygen atoms in total. The summed E-state index contributed by atoms with van der Waals surface area (Å²) in [4.78, 5) is 19.5. The molecule has 2 aromatic rings. The molecule has 31 heavy (non-hydrogen) atoms. The topological polar surface area (TPSA) is 53.9 Å². The molecule has 0 atom stereocenters. The van der Waals surface area contributed by atoms with Crippen molar-refractivity contribution in [1.29, 1.82) is 0 Å². The van der Waals surface area contributed by atoms with Crippen LogP contribution in [0.4, 0.5) is 0 Å². The summed E-state index contributed by atoms with van der Waals surface area (Å²) >= 11 is 5.96. The number of halogens is 1. The second-order valence-corrected chi connectivity index (χ2v) is 8.32. The number of nitrogens with zero attached hydrogens (tertiary/aromatic N) is 2. The van der Waals surface area contributed by atoms with Gasteiger partial charge in [-0.1, -0.05) is 60.5 Å². The van der Waals surface area contributed by atoms with Crippen molar-refractivity contribution >= 4 is 23.5 Å². The number of rotatable bonds is 9. The van der Waals surface area contributed by atoms with Gasteiger partial charge in [0.1, 0.15) is 0 Å². The molecule has 1 N–H and O–H groups in total. The number of carbonyl (C=O) groups is 1. The minimum absolute atomic E-state index is 0.0882. The van der Waals surface area contributed by atoms with Crippen LogP contribution in [0.15, 0.2) is 59.6 Å². The van der Waals surface area contributed by atoms with Crippen molar-refractivity contribution in [3.8, 4) is 0 Å². The van der Waals surface area contributed by atoms with E-state index in [1.54, 1.807) is 0 Å². The van der Waals surface area contributed by atoms with Crippen LogP contribution in [0.3, 0.4) is 0 Å². The van der Waals surface area contributed by atoms with Gasteiger partial charge in [-0.3, -0.25) is 10.1 Å². The van der Waals surface area contributed by atoms with E-state index >= 15 is 0 Å². The van der Waals surface area contributed by atoms with Crippen LogP contribution in [0.2, 0.25) is 5.02 Å². The van der Waals surface area contributed by atoms with Crippen molar-refractivity contribution in [3.63, 3.8) is 0 Å². The minimum Gasteiger partial charge on any atom is -0.465 e. The average molecular weight is 442 g/mol. The Hall–Kier alpha value is -2.37. The second kappa shape index (κ2) is 13.1. The number of likely N-dealkylation sites (tertiary alicyclic amines) is 1. The number of carbonyl (C=O) groups excluding carboxylic acids is 1. The second-order valence-electron chi connectivity index (χ2n) is 7.89. The molecule has 6 heteroatoms. The van der Waals surface area contributed by atoms with Gasteiger partial charge in [0.15, 0.2) is 0 Å². The fourth-order valence-corrected chi connectivity index (χ4v) is 3.72. The predicted molar refractivity (Wildman–Crippen MR) is 126 cm³/mol. The van der Waals surface area contributed by atoms with Crippen LogP contribution < -0.4 is 5.32 Å². The Labute approximate surface area is 190 Å². The summed E-state index contributed by atoms with van der Waals surface area (Å²) in [6, 6.07) is 17.8. The fourth-order valence-electron chi connectivity index (χ4n) is 3.60. The van der Waals surface area contributed by atoms with Crippen LogP contribution in [0.1, 0.15) is 43.2 Å². The maximum absolute atomic E-state index is 12.5. The molecule has 1 saturated heterocycles. The lowest BCUT2D eigenvalue weighted by Gasteiger charge is -2.26. The number of aryl methyl sites for hydroxylation is 1. The zero-order valence-corrected chi connectivity index (χ0v) is 18.8. The molecule has 0 unspecified atom stereocenters. The molecule has 0 aliphatic carbocycles. The SMILES string of the molecule is O=C(CCc1ccccc1)NC(=NCc1ccc(Cl)cc1)OCCCN1CCCCC1. The third kappa shape index (κ3) is 9.11. The molecule has 3 rings (SSSR count). The predicted octanol–water partition coefficient (Wildman–Crippen LogP) is 4.84. The summed E-state index contributed by atoms with van der Waals surface area (Å²) in [5.41, 5.74) is 2.15. The zero-order valence-electron chi connectivity index (χ0n) is 18.1. The van der Waals surface area contributed by atoms with E-state index in [1.165, 1.54) is 32.4 Å². The van der Waals surface area contributed by atoms with Crippen LogP contribution in [-0.2, 0) is 22.5 Å². The molecule has 0 spiro atoms. The van der Waals surface area contributed by atoms with Crippen molar-refractivity contribution in [2.75, 3.05) is 26.2 Å². The van der Waals surface area contributed by atoms with Crippen LogP contribution >= 0.6 is 11.6 Å². The van der Waals surface area contributed by atoms with Gasteiger partial charge in [-0.05, 0) is 62.0 Å². The molecule has 1 aliphatic heterocycles. The first-order valence-electron chi connectivity index (χ1n) is 11.2.